The van der Waals surface area contributed by atoms with Gasteiger partial charge in [0.15, 0.2) is 5.57 Å². The summed E-state index contributed by atoms with van der Waals surface area (Å²) in [6.45, 7) is 2.66. The second-order valence-electron chi connectivity index (χ2n) is 5.68. The Morgan fingerprint density at radius 2 is 2.08 bits per heavy atom. The Balaban J connectivity index is 2.27. The third kappa shape index (κ3) is 4.53. The quantitative estimate of drug-likeness (QED) is 0.335. The van der Waals surface area contributed by atoms with E-state index in [1.807, 2.05) is 0 Å². The topological polar surface area (TPSA) is 120 Å². The lowest BCUT2D eigenvalue weighted by Crippen LogP contribution is -2.35. The molecule has 0 amide bonds. The van der Waals surface area contributed by atoms with E-state index in [1.165, 1.54) is 22.5 Å². The standard InChI is InChI=1S/C17H21N3O5S/c1-2-25-17(22)13(11-18)12-19-15-10-14(6-7-16(15)21)26(23,24)20-8-4-3-5-9-20/h6-7,10,12,19,21H,2-5,8-9H2,1H3/b13-12+. The van der Waals surface area contributed by atoms with Crippen LogP contribution >= 0.6 is 0 Å². The highest BCUT2D eigenvalue weighted by Crippen LogP contribution is 2.29. The third-order valence-corrected chi connectivity index (χ3v) is 5.80. The van der Waals surface area contributed by atoms with Gasteiger partial charge in [-0.05, 0) is 38.0 Å². The number of hydrogen-bond acceptors (Lipinski definition) is 7. The number of anilines is 1. The average molecular weight is 379 g/mol. The van der Waals surface area contributed by atoms with Gasteiger partial charge in [-0.2, -0.15) is 9.57 Å². The Labute approximate surface area is 152 Å². The van der Waals surface area contributed by atoms with Crippen molar-refractivity contribution in [2.45, 2.75) is 31.1 Å². The summed E-state index contributed by atoms with van der Waals surface area (Å²) in [5.74, 6) is -1.01. The van der Waals surface area contributed by atoms with E-state index < -0.39 is 16.0 Å². The molecular weight excluding hydrogens is 358 g/mol. The van der Waals surface area contributed by atoms with Gasteiger partial charge in [-0.1, -0.05) is 6.42 Å². The van der Waals surface area contributed by atoms with Crippen LogP contribution in [-0.2, 0) is 19.6 Å². The van der Waals surface area contributed by atoms with Crippen molar-refractivity contribution in [2.75, 3.05) is 25.0 Å². The second-order valence-corrected chi connectivity index (χ2v) is 7.62. The molecular formula is C17H21N3O5S. The minimum absolute atomic E-state index is 0.0303. The highest BCUT2D eigenvalue weighted by atomic mass is 32.2. The number of carbonyl (C=O) groups excluding carboxylic acids is 1. The van der Waals surface area contributed by atoms with Crippen LogP contribution in [0.1, 0.15) is 26.2 Å². The number of phenolic OH excluding ortho intramolecular Hbond substituents is 1. The van der Waals surface area contributed by atoms with Crippen molar-refractivity contribution in [1.29, 1.82) is 5.26 Å². The van der Waals surface area contributed by atoms with Crippen LogP contribution < -0.4 is 5.32 Å². The number of piperidine rings is 1. The molecule has 140 valence electrons. The minimum atomic E-state index is -3.67. The molecule has 9 heteroatoms. The number of benzene rings is 1. The zero-order valence-corrected chi connectivity index (χ0v) is 15.3. The van der Waals surface area contributed by atoms with E-state index in [4.69, 9.17) is 10.00 Å². The first-order valence-corrected chi connectivity index (χ1v) is 9.71. The highest BCUT2D eigenvalue weighted by molar-refractivity contribution is 7.89. The van der Waals surface area contributed by atoms with Gasteiger partial charge in [0, 0.05) is 19.3 Å². The van der Waals surface area contributed by atoms with Crippen molar-refractivity contribution >= 4 is 21.7 Å². The molecule has 1 aliphatic heterocycles. The van der Waals surface area contributed by atoms with Crippen LogP contribution in [0.2, 0.25) is 0 Å². The number of hydrogen-bond donors (Lipinski definition) is 2. The van der Waals surface area contributed by atoms with Gasteiger partial charge >= 0.3 is 5.97 Å². The molecule has 0 bridgehead atoms. The van der Waals surface area contributed by atoms with Crippen molar-refractivity contribution in [3.63, 3.8) is 0 Å². The normalized spacial score (nSPS) is 15.9. The molecule has 1 aromatic rings. The molecule has 0 unspecified atom stereocenters. The van der Waals surface area contributed by atoms with Gasteiger partial charge in [-0.25, -0.2) is 13.2 Å². The maximum Gasteiger partial charge on any atom is 0.350 e. The summed E-state index contributed by atoms with van der Waals surface area (Å²) in [4.78, 5) is 11.6. The highest BCUT2D eigenvalue weighted by Gasteiger charge is 2.26. The SMILES string of the molecule is CCOC(=O)/C(C#N)=C/Nc1cc(S(=O)(=O)N2CCCCC2)ccc1O. The predicted molar refractivity (Wildman–Crippen MR) is 94.7 cm³/mol. The summed E-state index contributed by atoms with van der Waals surface area (Å²) < 4.78 is 31.6. The van der Waals surface area contributed by atoms with E-state index in [0.29, 0.717) is 13.1 Å². The van der Waals surface area contributed by atoms with E-state index in [1.54, 1.807) is 13.0 Å². The molecule has 0 spiro atoms. The van der Waals surface area contributed by atoms with E-state index in [9.17, 15) is 18.3 Å². The van der Waals surface area contributed by atoms with Gasteiger partial charge in [-0.15, -0.1) is 0 Å². The molecule has 1 saturated heterocycles. The smallest absolute Gasteiger partial charge is 0.350 e. The Bertz CT molecular complexity index is 836. The third-order valence-electron chi connectivity index (χ3n) is 3.91. The van der Waals surface area contributed by atoms with Gasteiger partial charge in [0.05, 0.1) is 17.2 Å². The van der Waals surface area contributed by atoms with Crippen LogP contribution in [0.3, 0.4) is 0 Å². The number of sulfonamides is 1. The number of ether oxygens (including phenoxy) is 1. The zero-order valence-electron chi connectivity index (χ0n) is 14.4. The van der Waals surface area contributed by atoms with Crippen molar-refractivity contribution in [3.8, 4) is 11.8 Å². The molecule has 0 radical (unpaired) electrons. The second kappa shape index (κ2) is 8.69. The van der Waals surface area contributed by atoms with Gasteiger partial charge in [0.25, 0.3) is 0 Å². The van der Waals surface area contributed by atoms with Gasteiger partial charge in [0.1, 0.15) is 11.8 Å². The summed E-state index contributed by atoms with van der Waals surface area (Å²) >= 11 is 0. The number of aromatic hydroxyl groups is 1. The molecule has 0 aromatic heterocycles. The fourth-order valence-corrected chi connectivity index (χ4v) is 4.08. The van der Waals surface area contributed by atoms with Gasteiger partial charge in [0.2, 0.25) is 10.0 Å². The Kier molecular flexibility index (Phi) is 6.60. The number of nitrogens with one attached hydrogen (secondary N) is 1. The number of nitriles is 1. The van der Waals surface area contributed by atoms with E-state index in [0.717, 1.165) is 25.5 Å². The van der Waals surface area contributed by atoms with E-state index >= 15 is 0 Å². The lowest BCUT2D eigenvalue weighted by atomic mass is 10.2. The van der Waals surface area contributed by atoms with Crippen molar-refractivity contribution in [3.05, 3.63) is 30.0 Å². The molecule has 1 fully saturated rings. The van der Waals surface area contributed by atoms with Crippen LogP contribution in [0.15, 0.2) is 34.9 Å². The number of nitrogens with zero attached hydrogens (tertiary/aromatic N) is 2. The molecule has 2 N–H and O–H groups in total. The zero-order chi connectivity index (χ0) is 19.2. The van der Waals surface area contributed by atoms with Gasteiger partial charge < -0.3 is 15.2 Å². The van der Waals surface area contributed by atoms with Crippen LogP contribution in [0.4, 0.5) is 5.69 Å². The van der Waals surface area contributed by atoms with Crippen molar-refractivity contribution in [2.24, 2.45) is 0 Å². The first-order valence-electron chi connectivity index (χ1n) is 8.27. The lowest BCUT2D eigenvalue weighted by Gasteiger charge is -2.26. The van der Waals surface area contributed by atoms with Crippen molar-refractivity contribution in [1.82, 2.24) is 4.31 Å². The fourth-order valence-electron chi connectivity index (χ4n) is 2.54. The average Bonchev–Trinajstić information content (AvgIpc) is 2.64. The molecule has 0 atom stereocenters. The lowest BCUT2D eigenvalue weighted by molar-refractivity contribution is -0.138. The molecule has 2 rings (SSSR count). The maximum atomic E-state index is 12.7. The molecule has 8 nitrogen and oxygen atoms in total. The van der Waals surface area contributed by atoms with Crippen LogP contribution in [0, 0.1) is 11.3 Å². The van der Waals surface area contributed by atoms with Crippen LogP contribution in [0.5, 0.6) is 5.75 Å². The maximum absolute atomic E-state index is 12.7. The fraction of sp³-hybridized carbons (Fsp3) is 0.412. The minimum Gasteiger partial charge on any atom is -0.506 e. The molecule has 26 heavy (non-hydrogen) atoms. The Hall–Kier alpha value is -2.57. The predicted octanol–water partition coefficient (Wildman–Crippen LogP) is 1.95. The summed E-state index contributed by atoms with van der Waals surface area (Å²) in [7, 11) is -3.67. The molecule has 1 heterocycles. The Morgan fingerprint density at radius 1 is 1.38 bits per heavy atom. The first kappa shape index (κ1) is 19.8. The molecule has 1 aromatic carbocycles. The number of phenols is 1. The molecule has 0 saturated carbocycles. The largest absolute Gasteiger partial charge is 0.506 e. The number of esters is 1. The molecule has 1 aliphatic rings. The Morgan fingerprint density at radius 3 is 2.69 bits per heavy atom. The van der Waals surface area contributed by atoms with E-state index in [-0.39, 0.29) is 28.5 Å². The number of carbonyl (C=O) groups is 1. The van der Waals surface area contributed by atoms with Crippen LogP contribution in [-0.4, -0.2) is 43.5 Å². The van der Waals surface area contributed by atoms with E-state index in [2.05, 4.69) is 5.32 Å². The summed E-state index contributed by atoms with van der Waals surface area (Å²) in [6.07, 6.45) is 3.71. The monoisotopic (exact) mass is 379 g/mol. The molecule has 0 aliphatic carbocycles. The summed E-state index contributed by atoms with van der Waals surface area (Å²) in [6, 6.07) is 5.54. The first-order chi connectivity index (χ1) is 12.4. The summed E-state index contributed by atoms with van der Waals surface area (Å²) in [5.41, 5.74) is -0.226. The summed E-state index contributed by atoms with van der Waals surface area (Å²) in [5, 5.41) is 21.5. The van der Waals surface area contributed by atoms with Gasteiger partial charge in [-0.3, -0.25) is 0 Å². The number of rotatable bonds is 6. The van der Waals surface area contributed by atoms with Crippen molar-refractivity contribution < 1.29 is 23.1 Å². The van der Waals surface area contributed by atoms with Crippen LogP contribution in [0.25, 0.3) is 0 Å².